The van der Waals surface area contributed by atoms with E-state index in [-0.39, 0.29) is 42.8 Å². The molecule has 5 rings (SSSR count). The van der Waals surface area contributed by atoms with E-state index in [9.17, 15) is 24.0 Å². The first-order valence-electron chi connectivity index (χ1n) is 23.4. The van der Waals surface area contributed by atoms with Crippen LogP contribution in [0.3, 0.4) is 0 Å². The van der Waals surface area contributed by atoms with Crippen LogP contribution >= 0.6 is 11.3 Å². The number of aromatic nitrogens is 3. The van der Waals surface area contributed by atoms with Crippen LogP contribution in [0.4, 0.5) is 0 Å². The second-order valence-corrected chi connectivity index (χ2v) is 19.6. The van der Waals surface area contributed by atoms with E-state index in [1.54, 1.807) is 37.2 Å². The number of pyridine rings is 1. The average molecular weight is 939 g/mol. The number of rotatable bonds is 24. The SMILES string of the molecule is CC#CC(=O)N(C)CCC(C)CCN(C=O)C(C(=O)NC(Cc1nc(-c2ccc3c(c2)c(CC(C)(C)COC=O)c(-c2cccnc2C(C)OC)n3CC)cs1)C(=O)N1CCCCN1)C(C)C. The zero-order valence-electron chi connectivity index (χ0n) is 41.0. The second-order valence-electron chi connectivity index (χ2n) is 18.7. The highest BCUT2D eigenvalue weighted by Gasteiger charge is 2.35. The van der Waals surface area contributed by atoms with Gasteiger partial charge in [0.2, 0.25) is 12.3 Å². The standard InChI is InChI=1S/C51H70N8O7S/c1-11-16-45(62)56(9)25-20-35(5)21-26-57(32-60)47(34(3)4)49(63)55-41(50(64)59-24-14-13-23-53-59)28-44-54-42(30-67-44)37-18-19-43-39(27-37)40(29-51(7,8)31-66-33-61)48(58(43)12-2)38-17-15-22-52-46(38)36(6)65-10/h15,17-19,22,27,30,32-36,41,47,53H,12-14,20-21,23-26,28-29,31H2,1-10H3,(H,55,63). The Balaban J connectivity index is 1.45. The summed E-state index contributed by atoms with van der Waals surface area (Å²) in [6.45, 7) is 19.2. The number of aryl methyl sites for hydroxylation is 1. The van der Waals surface area contributed by atoms with E-state index in [0.717, 1.165) is 63.9 Å². The smallest absolute Gasteiger partial charge is 0.298 e. The monoisotopic (exact) mass is 939 g/mol. The molecule has 1 aliphatic heterocycles. The molecule has 0 radical (unpaired) electrons. The molecule has 0 bridgehead atoms. The van der Waals surface area contributed by atoms with Crippen LogP contribution in [0.25, 0.3) is 33.4 Å². The molecule has 0 saturated carbocycles. The van der Waals surface area contributed by atoms with E-state index >= 15 is 0 Å². The highest BCUT2D eigenvalue weighted by Crippen LogP contribution is 2.42. The molecule has 4 atom stereocenters. The number of benzene rings is 1. The largest absolute Gasteiger partial charge is 0.467 e. The molecular weight excluding hydrogens is 869 g/mol. The molecule has 0 spiro atoms. The third-order valence-electron chi connectivity index (χ3n) is 12.5. The van der Waals surface area contributed by atoms with Crippen molar-refractivity contribution >= 4 is 52.8 Å². The zero-order valence-corrected chi connectivity index (χ0v) is 41.8. The number of methoxy groups -OCH3 is 1. The predicted molar refractivity (Wildman–Crippen MR) is 262 cm³/mol. The molecule has 4 aromatic rings. The van der Waals surface area contributed by atoms with Gasteiger partial charge in [-0.15, -0.1) is 11.3 Å². The van der Waals surface area contributed by atoms with Gasteiger partial charge in [-0.3, -0.25) is 34.0 Å². The Morgan fingerprint density at radius 1 is 1.09 bits per heavy atom. The second kappa shape index (κ2) is 24.4. The zero-order chi connectivity index (χ0) is 48.8. The van der Waals surface area contributed by atoms with E-state index in [0.29, 0.717) is 63.5 Å². The van der Waals surface area contributed by atoms with E-state index in [2.05, 4.69) is 79.1 Å². The van der Waals surface area contributed by atoms with Crippen LogP contribution in [-0.4, -0.2) is 119 Å². The van der Waals surface area contributed by atoms with Crippen LogP contribution in [0.5, 0.6) is 0 Å². The number of hydrogen-bond acceptors (Lipinski definition) is 11. The molecule has 67 heavy (non-hydrogen) atoms. The number of thiazole rings is 1. The minimum absolute atomic E-state index is 0.154. The van der Waals surface area contributed by atoms with Gasteiger partial charge in [0.15, 0.2) is 0 Å². The van der Waals surface area contributed by atoms with Crippen molar-refractivity contribution in [2.45, 2.75) is 119 Å². The summed E-state index contributed by atoms with van der Waals surface area (Å²) in [7, 11) is 3.40. The lowest BCUT2D eigenvalue weighted by atomic mass is 9.84. The normalized spacial score (nSPS) is 14.7. The summed E-state index contributed by atoms with van der Waals surface area (Å²) in [5.41, 5.74) is 9.39. The third-order valence-corrected chi connectivity index (χ3v) is 13.4. The number of carbonyl (C=O) groups is 5. The van der Waals surface area contributed by atoms with Crippen LogP contribution in [0.2, 0.25) is 0 Å². The summed E-state index contributed by atoms with van der Waals surface area (Å²) in [5, 5.41) is 8.35. The van der Waals surface area contributed by atoms with Crippen LogP contribution in [-0.2, 0) is 52.8 Å². The number of hydrazine groups is 1. The molecule has 0 aliphatic carbocycles. The Hall–Kier alpha value is -5.63. The Morgan fingerprint density at radius 2 is 1.85 bits per heavy atom. The first kappa shape index (κ1) is 52.3. The number of fused-ring (bicyclic) bond motifs is 1. The molecule has 1 saturated heterocycles. The van der Waals surface area contributed by atoms with E-state index < -0.39 is 23.4 Å². The van der Waals surface area contributed by atoms with Gasteiger partial charge in [0.25, 0.3) is 18.3 Å². The van der Waals surface area contributed by atoms with Crippen molar-refractivity contribution in [3.63, 3.8) is 0 Å². The predicted octanol–water partition coefficient (Wildman–Crippen LogP) is 6.83. The molecule has 4 unspecified atom stereocenters. The molecule has 1 aromatic carbocycles. The van der Waals surface area contributed by atoms with Crippen LogP contribution in [0.1, 0.15) is 103 Å². The minimum Gasteiger partial charge on any atom is -0.467 e. The molecule has 4 amide bonds. The van der Waals surface area contributed by atoms with Crippen molar-refractivity contribution in [1.29, 1.82) is 0 Å². The fraction of sp³-hybridized carbons (Fsp3) is 0.549. The summed E-state index contributed by atoms with van der Waals surface area (Å²) in [4.78, 5) is 77.7. The van der Waals surface area contributed by atoms with Gasteiger partial charge < -0.3 is 29.2 Å². The van der Waals surface area contributed by atoms with Gasteiger partial charge in [-0.05, 0) is 100 Å². The molecular formula is C51H70N8O7S. The number of carbonyl (C=O) groups excluding carboxylic acids is 5. The van der Waals surface area contributed by atoms with Gasteiger partial charge >= 0.3 is 0 Å². The van der Waals surface area contributed by atoms with E-state index in [4.69, 9.17) is 19.4 Å². The van der Waals surface area contributed by atoms with Crippen LogP contribution in [0.15, 0.2) is 41.9 Å². The first-order valence-corrected chi connectivity index (χ1v) is 24.3. The maximum atomic E-state index is 14.3. The number of nitrogens with zero attached hydrogens (tertiary/aromatic N) is 6. The molecule has 1 fully saturated rings. The van der Waals surface area contributed by atoms with Crippen molar-refractivity contribution in [2.24, 2.45) is 17.3 Å². The minimum atomic E-state index is -0.945. The van der Waals surface area contributed by atoms with Gasteiger partial charge in [0.1, 0.15) is 12.1 Å². The van der Waals surface area contributed by atoms with E-state index in [1.165, 1.54) is 16.2 Å². The number of amides is 4. The third kappa shape index (κ3) is 13.3. The Labute approximate surface area is 400 Å². The van der Waals surface area contributed by atoms with Gasteiger partial charge in [-0.2, -0.15) is 0 Å². The number of ether oxygens (including phenoxy) is 2. The lowest BCUT2D eigenvalue weighted by molar-refractivity contribution is -0.142. The summed E-state index contributed by atoms with van der Waals surface area (Å²) in [6, 6.07) is 8.60. The fourth-order valence-corrected chi connectivity index (χ4v) is 9.65. The summed E-state index contributed by atoms with van der Waals surface area (Å²) in [5.74, 6) is 4.21. The molecule has 2 N–H and O–H groups in total. The first-order chi connectivity index (χ1) is 32.1. The highest BCUT2D eigenvalue weighted by molar-refractivity contribution is 7.10. The van der Waals surface area contributed by atoms with Gasteiger partial charge in [-0.1, -0.05) is 46.6 Å². The average Bonchev–Trinajstić information content (AvgIpc) is 3.92. The van der Waals surface area contributed by atoms with Crippen LogP contribution in [0, 0.1) is 29.1 Å². The van der Waals surface area contributed by atoms with Gasteiger partial charge in [0.05, 0.1) is 34.8 Å². The topological polar surface area (TPSA) is 168 Å². The summed E-state index contributed by atoms with van der Waals surface area (Å²) < 4.78 is 13.4. The summed E-state index contributed by atoms with van der Waals surface area (Å²) >= 11 is 1.43. The maximum absolute atomic E-state index is 14.3. The van der Waals surface area contributed by atoms with Gasteiger partial charge in [-0.25, -0.2) is 10.4 Å². The van der Waals surface area contributed by atoms with Crippen molar-refractivity contribution in [3.8, 4) is 34.4 Å². The van der Waals surface area contributed by atoms with E-state index in [1.807, 2.05) is 32.2 Å². The Bertz CT molecular complexity index is 2390. The van der Waals surface area contributed by atoms with Crippen molar-refractivity contribution in [1.82, 2.24) is 40.1 Å². The maximum Gasteiger partial charge on any atom is 0.298 e. The summed E-state index contributed by atoms with van der Waals surface area (Å²) in [6.07, 6.45) is 6.11. The lowest BCUT2D eigenvalue weighted by Gasteiger charge is -2.34. The quantitative estimate of drug-likeness (QED) is 0.0562. The molecule has 16 heteroatoms. The number of nitrogens with one attached hydrogen (secondary N) is 2. The molecule has 4 heterocycles. The molecule has 362 valence electrons. The molecule has 3 aromatic heterocycles. The van der Waals surface area contributed by atoms with Crippen molar-refractivity contribution in [3.05, 3.63) is 58.2 Å². The Kier molecular flexibility index (Phi) is 19.1. The lowest BCUT2D eigenvalue weighted by Crippen LogP contribution is -2.59. The number of hydrogen-bond donors (Lipinski definition) is 2. The highest BCUT2D eigenvalue weighted by atomic mass is 32.1. The van der Waals surface area contributed by atoms with Gasteiger partial charge in [0, 0.05) is 92.3 Å². The molecule has 15 nitrogen and oxygen atoms in total. The molecule has 1 aliphatic rings. The Morgan fingerprint density at radius 3 is 2.51 bits per heavy atom. The van der Waals surface area contributed by atoms with Crippen molar-refractivity contribution < 1.29 is 33.4 Å². The van der Waals surface area contributed by atoms with Crippen LogP contribution < -0.4 is 10.7 Å². The van der Waals surface area contributed by atoms with Crippen molar-refractivity contribution in [2.75, 3.05) is 46.9 Å². The fourth-order valence-electron chi connectivity index (χ4n) is 8.80.